The second-order valence-corrected chi connectivity index (χ2v) is 4.61. The van der Waals surface area contributed by atoms with Crippen molar-refractivity contribution in [2.24, 2.45) is 17.8 Å². The summed E-state index contributed by atoms with van der Waals surface area (Å²) >= 11 is 0. The van der Waals surface area contributed by atoms with Gasteiger partial charge in [0.15, 0.2) is 0 Å². The molecule has 12 heavy (non-hydrogen) atoms. The Bertz CT molecular complexity index is 144. The Kier molecular flexibility index (Phi) is 3.84. The van der Waals surface area contributed by atoms with Crippen LogP contribution in [0.5, 0.6) is 0 Å². The zero-order chi connectivity index (χ0) is 8.97. The van der Waals surface area contributed by atoms with Crippen molar-refractivity contribution in [3.63, 3.8) is 0 Å². The maximum atomic E-state index is 2.39. The molecule has 1 rings (SSSR count). The minimum absolute atomic E-state index is 0.857. The standard InChI is InChI=1S/C12H22/c1-10(2)11(3)9-12-7-5-4-6-8-12/h4-5,10-12H,6-9H2,1-3H3. The molecule has 0 N–H and O–H groups in total. The van der Waals surface area contributed by atoms with Crippen LogP contribution >= 0.6 is 0 Å². The van der Waals surface area contributed by atoms with E-state index in [1.54, 1.807) is 0 Å². The first kappa shape index (κ1) is 9.83. The van der Waals surface area contributed by atoms with Gasteiger partial charge in [-0.3, -0.25) is 0 Å². The first-order chi connectivity index (χ1) is 5.70. The lowest BCUT2D eigenvalue weighted by Gasteiger charge is -2.23. The number of hydrogen-bond donors (Lipinski definition) is 0. The first-order valence-electron chi connectivity index (χ1n) is 5.35. The van der Waals surface area contributed by atoms with Crippen molar-refractivity contribution in [2.75, 3.05) is 0 Å². The number of allylic oxidation sites excluding steroid dienone is 2. The van der Waals surface area contributed by atoms with Crippen molar-refractivity contribution < 1.29 is 0 Å². The highest BCUT2D eigenvalue weighted by Crippen LogP contribution is 2.27. The van der Waals surface area contributed by atoms with Gasteiger partial charge in [-0.05, 0) is 43.4 Å². The SMILES string of the molecule is CC(C)C(C)CC1CC=CCC1. The van der Waals surface area contributed by atoms with Crippen LogP contribution in [0.4, 0.5) is 0 Å². The summed E-state index contributed by atoms with van der Waals surface area (Å²) in [6, 6.07) is 0. The van der Waals surface area contributed by atoms with Crippen LogP contribution in [0.2, 0.25) is 0 Å². The van der Waals surface area contributed by atoms with Crippen LogP contribution in [0.15, 0.2) is 12.2 Å². The van der Waals surface area contributed by atoms with Crippen LogP contribution in [0.25, 0.3) is 0 Å². The second-order valence-electron chi connectivity index (χ2n) is 4.61. The summed E-state index contributed by atoms with van der Waals surface area (Å²) in [6.07, 6.45) is 10.2. The molecule has 0 saturated carbocycles. The van der Waals surface area contributed by atoms with E-state index in [9.17, 15) is 0 Å². The molecule has 0 aliphatic heterocycles. The largest absolute Gasteiger partial charge is 0.0885 e. The van der Waals surface area contributed by atoms with Gasteiger partial charge in [0.1, 0.15) is 0 Å². The molecular formula is C12H22. The van der Waals surface area contributed by atoms with E-state index in [1.807, 2.05) is 0 Å². The normalized spacial score (nSPS) is 26.2. The molecule has 0 aromatic rings. The lowest BCUT2D eigenvalue weighted by atomic mass is 9.82. The van der Waals surface area contributed by atoms with Crippen LogP contribution in [-0.4, -0.2) is 0 Å². The van der Waals surface area contributed by atoms with E-state index in [0.717, 1.165) is 17.8 Å². The summed E-state index contributed by atoms with van der Waals surface area (Å²) < 4.78 is 0. The summed E-state index contributed by atoms with van der Waals surface area (Å²) in [4.78, 5) is 0. The van der Waals surface area contributed by atoms with Crippen molar-refractivity contribution in [1.82, 2.24) is 0 Å². The molecule has 70 valence electrons. The molecule has 0 saturated heterocycles. The fourth-order valence-corrected chi connectivity index (χ4v) is 1.87. The van der Waals surface area contributed by atoms with Crippen LogP contribution < -0.4 is 0 Å². The van der Waals surface area contributed by atoms with E-state index >= 15 is 0 Å². The molecular weight excluding hydrogens is 144 g/mol. The fraction of sp³-hybridized carbons (Fsp3) is 0.833. The van der Waals surface area contributed by atoms with E-state index in [-0.39, 0.29) is 0 Å². The summed E-state index contributed by atoms with van der Waals surface area (Å²) in [5.74, 6) is 2.74. The lowest BCUT2D eigenvalue weighted by Crippen LogP contribution is -2.12. The Balaban J connectivity index is 2.25. The van der Waals surface area contributed by atoms with Crippen LogP contribution in [0.1, 0.15) is 46.5 Å². The summed E-state index contributed by atoms with van der Waals surface area (Å²) in [5.41, 5.74) is 0. The van der Waals surface area contributed by atoms with Gasteiger partial charge in [0.2, 0.25) is 0 Å². The van der Waals surface area contributed by atoms with Gasteiger partial charge in [0.25, 0.3) is 0 Å². The van der Waals surface area contributed by atoms with Gasteiger partial charge >= 0.3 is 0 Å². The van der Waals surface area contributed by atoms with E-state index in [4.69, 9.17) is 0 Å². The van der Waals surface area contributed by atoms with Gasteiger partial charge in [-0.25, -0.2) is 0 Å². The predicted molar refractivity (Wildman–Crippen MR) is 55.1 cm³/mol. The van der Waals surface area contributed by atoms with E-state index < -0.39 is 0 Å². The summed E-state index contributed by atoms with van der Waals surface area (Å²) in [5, 5.41) is 0. The van der Waals surface area contributed by atoms with E-state index in [0.29, 0.717) is 0 Å². The zero-order valence-electron chi connectivity index (χ0n) is 8.72. The summed E-state index contributed by atoms with van der Waals surface area (Å²) in [6.45, 7) is 7.07. The summed E-state index contributed by atoms with van der Waals surface area (Å²) in [7, 11) is 0. The Hall–Kier alpha value is -0.260. The van der Waals surface area contributed by atoms with E-state index in [1.165, 1.54) is 25.7 Å². The Labute approximate surface area is 77.1 Å². The maximum absolute atomic E-state index is 2.39. The molecule has 2 unspecified atom stereocenters. The quantitative estimate of drug-likeness (QED) is 0.555. The van der Waals surface area contributed by atoms with Gasteiger partial charge in [0.05, 0.1) is 0 Å². The number of hydrogen-bond acceptors (Lipinski definition) is 0. The zero-order valence-corrected chi connectivity index (χ0v) is 8.72. The monoisotopic (exact) mass is 166 g/mol. The molecule has 0 radical (unpaired) electrons. The number of rotatable bonds is 3. The highest BCUT2D eigenvalue weighted by Gasteiger charge is 2.15. The maximum Gasteiger partial charge on any atom is -0.0322 e. The molecule has 0 aromatic carbocycles. The Morgan fingerprint density at radius 3 is 2.50 bits per heavy atom. The third-order valence-corrected chi connectivity index (χ3v) is 3.22. The van der Waals surface area contributed by atoms with Crippen molar-refractivity contribution >= 4 is 0 Å². The molecule has 0 spiro atoms. The van der Waals surface area contributed by atoms with Crippen LogP contribution in [-0.2, 0) is 0 Å². The van der Waals surface area contributed by atoms with Gasteiger partial charge in [-0.1, -0.05) is 32.9 Å². The molecule has 0 heterocycles. The molecule has 1 aliphatic carbocycles. The van der Waals surface area contributed by atoms with Crippen molar-refractivity contribution in [3.05, 3.63) is 12.2 Å². The minimum Gasteiger partial charge on any atom is -0.0885 e. The average molecular weight is 166 g/mol. The molecule has 0 heteroatoms. The Morgan fingerprint density at radius 1 is 1.25 bits per heavy atom. The highest BCUT2D eigenvalue weighted by molar-refractivity contribution is 4.90. The van der Waals surface area contributed by atoms with E-state index in [2.05, 4.69) is 32.9 Å². The molecule has 0 aromatic heterocycles. The van der Waals surface area contributed by atoms with Crippen LogP contribution in [0.3, 0.4) is 0 Å². The smallest absolute Gasteiger partial charge is 0.0322 e. The third-order valence-electron chi connectivity index (χ3n) is 3.22. The topological polar surface area (TPSA) is 0 Å². The molecule has 0 amide bonds. The second kappa shape index (κ2) is 4.69. The minimum atomic E-state index is 0.857. The van der Waals surface area contributed by atoms with Gasteiger partial charge in [-0.15, -0.1) is 0 Å². The first-order valence-corrected chi connectivity index (χ1v) is 5.35. The lowest BCUT2D eigenvalue weighted by molar-refractivity contribution is 0.304. The van der Waals surface area contributed by atoms with Gasteiger partial charge in [0, 0.05) is 0 Å². The van der Waals surface area contributed by atoms with Crippen molar-refractivity contribution in [3.8, 4) is 0 Å². The highest BCUT2D eigenvalue weighted by atomic mass is 14.2. The Morgan fingerprint density at radius 2 is 2.00 bits per heavy atom. The van der Waals surface area contributed by atoms with Crippen molar-refractivity contribution in [1.29, 1.82) is 0 Å². The molecule has 0 fully saturated rings. The average Bonchev–Trinajstić information content (AvgIpc) is 2.06. The molecule has 0 bridgehead atoms. The molecule has 1 aliphatic rings. The predicted octanol–water partition coefficient (Wildman–Crippen LogP) is 4.02. The molecule has 2 atom stereocenters. The van der Waals surface area contributed by atoms with Gasteiger partial charge < -0.3 is 0 Å². The fourth-order valence-electron chi connectivity index (χ4n) is 1.87. The van der Waals surface area contributed by atoms with Gasteiger partial charge in [-0.2, -0.15) is 0 Å². The van der Waals surface area contributed by atoms with Crippen LogP contribution in [0, 0.1) is 17.8 Å². The third kappa shape index (κ3) is 3.00. The van der Waals surface area contributed by atoms with Crippen molar-refractivity contribution in [2.45, 2.75) is 46.5 Å². The molecule has 0 nitrogen and oxygen atoms in total.